The fourth-order valence-corrected chi connectivity index (χ4v) is 4.59. The Morgan fingerprint density at radius 2 is 2.10 bits per heavy atom. The largest absolute Gasteiger partial charge is 0.469 e. The maximum absolute atomic E-state index is 14.2. The topological polar surface area (TPSA) is 114 Å². The summed E-state index contributed by atoms with van der Waals surface area (Å²) in [5.74, 6) is -0.646. The number of nitrogens with zero attached hydrogens (tertiary/aromatic N) is 2. The number of hydrogen-bond acceptors (Lipinski definition) is 7. The van der Waals surface area contributed by atoms with Gasteiger partial charge in [-0.05, 0) is 49.9 Å². The fourth-order valence-electron chi connectivity index (χ4n) is 2.63. The van der Waals surface area contributed by atoms with E-state index in [1.54, 1.807) is 13.0 Å². The summed E-state index contributed by atoms with van der Waals surface area (Å²) in [5, 5.41) is 11.0. The smallest absolute Gasteiger partial charge is 0.260 e. The van der Waals surface area contributed by atoms with Gasteiger partial charge in [-0.15, -0.1) is 10.2 Å². The Morgan fingerprint density at radius 3 is 2.79 bits per heavy atom. The minimum absolute atomic E-state index is 0.158. The molecule has 1 aliphatic rings. The van der Waals surface area contributed by atoms with Crippen LogP contribution in [0.25, 0.3) is 10.6 Å². The summed E-state index contributed by atoms with van der Waals surface area (Å²) in [6.07, 6.45) is 3.49. The van der Waals surface area contributed by atoms with Gasteiger partial charge in [0, 0.05) is 6.54 Å². The second-order valence-electron chi connectivity index (χ2n) is 6.69. The molecule has 0 bridgehead atoms. The van der Waals surface area contributed by atoms with Crippen LogP contribution in [0.4, 0.5) is 9.52 Å². The van der Waals surface area contributed by atoms with Crippen LogP contribution in [0.5, 0.6) is 0 Å². The number of amides is 1. The van der Waals surface area contributed by atoms with Gasteiger partial charge in [-0.3, -0.25) is 10.1 Å². The third-order valence-electron chi connectivity index (χ3n) is 4.49. The number of anilines is 1. The molecule has 29 heavy (non-hydrogen) atoms. The Labute approximate surface area is 170 Å². The highest BCUT2D eigenvalue weighted by Gasteiger charge is 2.25. The van der Waals surface area contributed by atoms with Crippen molar-refractivity contribution in [2.45, 2.75) is 24.7 Å². The average Bonchev–Trinajstić information content (AvgIpc) is 3.25. The van der Waals surface area contributed by atoms with E-state index in [9.17, 15) is 17.6 Å². The summed E-state index contributed by atoms with van der Waals surface area (Å²) in [6, 6.07) is 4.83. The highest BCUT2D eigenvalue weighted by atomic mass is 32.2. The zero-order chi connectivity index (χ0) is 20.6. The molecule has 11 heteroatoms. The zero-order valence-corrected chi connectivity index (χ0v) is 16.9. The zero-order valence-electron chi connectivity index (χ0n) is 15.3. The quantitative estimate of drug-likeness (QED) is 0.588. The van der Waals surface area contributed by atoms with Gasteiger partial charge in [0.25, 0.3) is 5.91 Å². The van der Waals surface area contributed by atoms with Crippen LogP contribution in [0.15, 0.2) is 39.8 Å². The van der Waals surface area contributed by atoms with Gasteiger partial charge < -0.3 is 4.42 Å². The first-order valence-electron chi connectivity index (χ1n) is 8.82. The lowest BCUT2D eigenvalue weighted by molar-refractivity contribution is 0.102. The molecule has 2 aromatic heterocycles. The van der Waals surface area contributed by atoms with Gasteiger partial charge >= 0.3 is 0 Å². The van der Waals surface area contributed by atoms with E-state index in [0.29, 0.717) is 23.2 Å². The summed E-state index contributed by atoms with van der Waals surface area (Å²) in [5.41, 5.74) is 0.347. The van der Waals surface area contributed by atoms with Crippen molar-refractivity contribution in [1.29, 1.82) is 0 Å². The minimum Gasteiger partial charge on any atom is -0.469 e. The van der Waals surface area contributed by atoms with Crippen LogP contribution in [0.1, 0.15) is 29.0 Å². The number of nitrogens with one attached hydrogen (secondary N) is 2. The Kier molecular flexibility index (Phi) is 5.19. The van der Waals surface area contributed by atoms with Gasteiger partial charge in [0.1, 0.15) is 11.6 Å². The van der Waals surface area contributed by atoms with Gasteiger partial charge in [-0.1, -0.05) is 11.3 Å². The molecule has 0 saturated heterocycles. The van der Waals surface area contributed by atoms with E-state index in [1.165, 1.54) is 6.26 Å². The van der Waals surface area contributed by atoms with E-state index in [4.69, 9.17) is 4.42 Å². The first-order valence-corrected chi connectivity index (χ1v) is 11.1. The molecule has 0 spiro atoms. The van der Waals surface area contributed by atoms with Crippen molar-refractivity contribution in [3.63, 3.8) is 0 Å². The van der Waals surface area contributed by atoms with Crippen LogP contribution >= 0.6 is 11.3 Å². The van der Waals surface area contributed by atoms with E-state index in [2.05, 4.69) is 20.2 Å². The number of halogens is 1. The van der Waals surface area contributed by atoms with Crippen molar-refractivity contribution in [1.82, 2.24) is 14.9 Å². The summed E-state index contributed by atoms with van der Waals surface area (Å²) in [4.78, 5) is 12.3. The molecule has 8 nitrogen and oxygen atoms in total. The summed E-state index contributed by atoms with van der Waals surface area (Å²) < 4.78 is 46.7. The van der Waals surface area contributed by atoms with Crippen LogP contribution in [0.3, 0.4) is 0 Å². The van der Waals surface area contributed by atoms with Crippen molar-refractivity contribution in [3.05, 3.63) is 47.7 Å². The molecule has 1 aromatic carbocycles. The number of carbonyl (C=O) groups excluding carboxylic acids is 1. The molecular formula is C18H17FN4O4S2. The highest BCUT2D eigenvalue weighted by molar-refractivity contribution is 7.89. The van der Waals surface area contributed by atoms with Crippen LogP contribution in [-0.2, 0) is 10.0 Å². The maximum Gasteiger partial charge on any atom is 0.260 e. The molecule has 3 aromatic rings. The van der Waals surface area contributed by atoms with Gasteiger partial charge in [0.05, 0.1) is 22.3 Å². The first-order chi connectivity index (χ1) is 13.8. The monoisotopic (exact) mass is 436 g/mol. The molecule has 0 aliphatic heterocycles. The molecule has 0 unspecified atom stereocenters. The molecule has 0 radical (unpaired) electrons. The Morgan fingerprint density at radius 1 is 1.31 bits per heavy atom. The summed E-state index contributed by atoms with van der Waals surface area (Å²) in [7, 11) is -3.82. The lowest BCUT2D eigenvalue weighted by atomic mass is 10.2. The normalized spacial score (nSPS) is 14.1. The third-order valence-corrected chi connectivity index (χ3v) is 6.78. The SMILES string of the molecule is Cc1occc1-c1nnc(NC(=O)c2cc(S(=O)(=O)NCC3CC3)ccc2F)s1. The Balaban J connectivity index is 1.52. The Hall–Kier alpha value is -2.63. The van der Waals surface area contributed by atoms with Crippen molar-refractivity contribution in [2.75, 3.05) is 11.9 Å². The second-order valence-corrected chi connectivity index (χ2v) is 9.44. The van der Waals surface area contributed by atoms with Crippen LogP contribution in [-0.4, -0.2) is 31.1 Å². The van der Waals surface area contributed by atoms with E-state index in [1.807, 2.05) is 0 Å². The Bertz CT molecular complexity index is 1170. The third kappa shape index (κ3) is 4.36. The highest BCUT2D eigenvalue weighted by Crippen LogP contribution is 2.30. The van der Waals surface area contributed by atoms with Crippen molar-refractivity contribution < 1.29 is 22.0 Å². The second kappa shape index (κ2) is 7.65. The van der Waals surface area contributed by atoms with Gasteiger partial charge in [-0.2, -0.15) is 0 Å². The summed E-state index contributed by atoms with van der Waals surface area (Å²) in [6.45, 7) is 2.11. The van der Waals surface area contributed by atoms with Gasteiger partial charge in [-0.25, -0.2) is 17.5 Å². The molecule has 0 atom stereocenters. The molecule has 4 rings (SSSR count). The predicted molar refractivity (Wildman–Crippen MR) is 105 cm³/mol. The van der Waals surface area contributed by atoms with Crippen molar-refractivity contribution >= 4 is 32.4 Å². The van der Waals surface area contributed by atoms with Gasteiger partial charge in [0.15, 0.2) is 5.01 Å². The fraction of sp³-hybridized carbons (Fsp3) is 0.278. The molecule has 1 fully saturated rings. The lowest BCUT2D eigenvalue weighted by Gasteiger charge is -2.08. The molecule has 2 N–H and O–H groups in total. The van der Waals surface area contributed by atoms with Crippen LogP contribution in [0.2, 0.25) is 0 Å². The molecular weight excluding hydrogens is 419 g/mol. The average molecular weight is 436 g/mol. The van der Waals surface area contributed by atoms with Crippen molar-refractivity contribution in [3.8, 4) is 10.6 Å². The molecule has 2 heterocycles. The molecule has 152 valence electrons. The van der Waals surface area contributed by atoms with E-state index in [-0.39, 0.29) is 10.0 Å². The predicted octanol–water partition coefficient (Wildman–Crippen LogP) is 3.19. The minimum atomic E-state index is -3.82. The summed E-state index contributed by atoms with van der Waals surface area (Å²) >= 11 is 1.09. The maximum atomic E-state index is 14.2. The number of carbonyl (C=O) groups is 1. The first kappa shape index (κ1) is 19.7. The van der Waals surface area contributed by atoms with Crippen LogP contribution < -0.4 is 10.0 Å². The van der Waals surface area contributed by atoms with Gasteiger partial charge in [0.2, 0.25) is 15.2 Å². The molecule has 1 aliphatic carbocycles. The number of sulfonamides is 1. The lowest BCUT2D eigenvalue weighted by Crippen LogP contribution is -2.26. The number of hydrogen-bond donors (Lipinski definition) is 2. The van der Waals surface area contributed by atoms with E-state index >= 15 is 0 Å². The van der Waals surface area contributed by atoms with E-state index < -0.39 is 27.3 Å². The standard InChI is InChI=1S/C18H17FN4O4S2/c1-10-13(6-7-27-10)17-22-23-18(28-17)21-16(24)14-8-12(4-5-15(14)19)29(25,26)20-9-11-2-3-11/h4-8,11,20H,2-3,9H2,1H3,(H,21,23,24). The number of benzene rings is 1. The number of aryl methyl sites for hydroxylation is 1. The number of rotatable bonds is 7. The van der Waals surface area contributed by atoms with E-state index in [0.717, 1.165) is 47.9 Å². The van der Waals surface area contributed by atoms with Crippen LogP contribution in [0, 0.1) is 18.7 Å². The number of furan rings is 1. The van der Waals surface area contributed by atoms with Crippen molar-refractivity contribution in [2.24, 2.45) is 5.92 Å². The number of aromatic nitrogens is 2. The molecule has 1 saturated carbocycles. The molecule has 1 amide bonds.